The fraction of sp³-hybridized carbons (Fsp3) is 0.750. The van der Waals surface area contributed by atoms with Gasteiger partial charge in [0.2, 0.25) is 5.91 Å². The molecule has 0 spiro atoms. The molecule has 1 aliphatic rings. The molecule has 1 saturated heterocycles. The Balaban J connectivity index is 2.68. The third-order valence-corrected chi connectivity index (χ3v) is 2.35. The van der Waals surface area contributed by atoms with Crippen molar-refractivity contribution in [3.8, 4) is 0 Å². The van der Waals surface area contributed by atoms with Gasteiger partial charge in [0, 0.05) is 6.54 Å². The van der Waals surface area contributed by atoms with Crippen LogP contribution in [0.3, 0.4) is 0 Å². The van der Waals surface area contributed by atoms with E-state index < -0.39 is 17.4 Å². The van der Waals surface area contributed by atoms with Gasteiger partial charge in [0.05, 0.1) is 0 Å². The average molecular weight is 206 g/mol. The lowest BCUT2D eigenvalue weighted by atomic mass is 10.2. The number of hydrogen-bond acceptors (Lipinski definition) is 2. The molecule has 2 atom stereocenters. The van der Waals surface area contributed by atoms with Gasteiger partial charge in [0.25, 0.3) is 0 Å². The standard InChI is InChI=1S/C8H12ClNO3/c1-5(9)7(11)10-4-2-3-6(10)8(12)13/h5-6H,2-4H2,1H3,(H,12,13)/t5-,6+/m1/s1. The van der Waals surface area contributed by atoms with Gasteiger partial charge in [-0.2, -0.15) is 0 Å². The zero-order valence-corrected chi connectivity index (χ0v) is 8.12. The van der Waals surface area contributed by atoms with Gasteiger partial charge in [-0.25, -0.2) is 4.79 Å². The van der Waals surface area contributed by atoms with E-state index in [9.17, 15) is 9.59 Å². The summed E-state index contributed by atoms with van der Waals surface area (Å²) in [6, 6.07) is -0.673. The van der Waals surface area contributed by atoms with Gasteiger partial charge in [0.1, 0.15) is 11.4 Å². The highest BCUT2D eigenvalue weighted by Gasteiger charge is 2.35. The molecule has 74 valence electrons. The summed E-state index contributed by atoms with van der Waals surface area (Å²) >= 11 is 5.59. The number of likely N-dealkylation sites (tertiary alicyclic amines) is 1. The molecular weight excluding hydrogens is 194 g/mol. The van der Waals surface area contributed by atoms with Crippen molar-refractivity contribution < 1.29 is 14.7 Å². The Morgan fingerprint density at radius 1 is 1.62 bits per heavy atom. The molecule has 0 aromatic carbocycles. The van der Waals surface area contributed by atoms with Gasteiger partial charge in [-0.15, -0.1) is 11.6 Å². The minimum absolute atomic E-state index is 0.286. The SMILES string of the molecule is C[C@@H](Cl)C(=O)N1CCC[C@H]1C(=O)O. The number of nitrogens with zero attached hydrogens (tertiary/aromatic N) is 1. The van der Waals surface area contributed by atoms with Crippen LogP contribution in [0.4, 0.5) is 0 Å². The van der Waals surface area contributed by atoms with Crippen LogP contribution in [0.2, 0.25) is 0 Å². The zero-order valence-electron chi connectivity index (χ0n) is 7.36. The molecule has 0 radical (unpaired) electrons. The van der Waals surface area contributed by atoms with E-state index in [-0.39, 0.29) is 5.91 Å². The fourth-order valence-corrected chi connectivity index (χ4v) is 1.64. The van der Waals surface area contributed by atoms with Crippen LogP contribution in [0.15, 0.2) is 0 Å². The van der Waals surface area contributed by atoms with E-state index in [1.165, 1.54) is 4.90 Å². The first-order chi connectivity index (χ1) is 6.04. The van der Waals surface area contributed by atoms with E-state index in [1.54, 1.807) is 6.92 Å². The van der Waals surface area contributed by atoms with Crippen LogP contribution < -0.4 is 0 Å². The second-order valence-corrected chi connectivity index (χ2v) is 3.80. The molecule has 1 fully saturated rings. The zero-order chi connectivity index (χ0) is 10.0. The number of aliphatic carboxylic acids is 1. The maximum Gasteiger partial charge on any atom is 0.326 e. The Morgan fingerprint density at radius 2 is 2.23 bits per heavy atom. The Morgan fingerprint density at radius 3 is 2.69 bits per heavy atom. The molecule has 0 bridgehead atoms. The van der Waals surface area contributed by atoms with Crippen LogP contribution in [0.5, 0.6) is 0 Å². The lowest BCUT2D eigenvalue weighted by Crippen LogP contribution is -2.43. The molecule has 4 nitrogen and oxygen atoms in total. The summed E-state index contributed by atoms with van der Waals surface area (Å²) in [4.78, 5) is 23.4. The van der Waals surface area contributed by atoms with Crippen molar-refractivity contribution in [2.45, 2.75) is 31.2 Å². The van der Waals surface area contributed by atoms with E-state index in [0.29, 0.717) is 13.0 Å². The van der Waals surface area contributed by atoms with Gasteiger partial charge >= 0.3 is 5.97 Å². The predicted octanol–water partition coefficient (Wildman–Crippen LogP) is 0.689. The average Bonchev–Trinajstić information content (AvgIpc) is 2.50. The first-order valence-electron chi connectivity index (χ1n) is 4.21. The molecule has 0 saturated carbocycles. The maximum atomic E-state index is 11.4. The molecule has 0 aromatic heterocycles. The molecule has 0 aliphatic carbocycles. The lowest BCUT2D eigenvalue weighted by Gasteiger charge is -2.22. The summed E-state index contributed by atoms with van der Waals surface area (Å²) in [7, 11) is 0. The number of hydrogen-bond donors (Lipinski definition) is 1. The monoisotopic (exact) mass is 205 g/mol. The van der Waals surface area contributed by atoms with Crippen molar-refractivity contribution in [2.24, 2.45) is 0 Å². The van der Waals surface area contributed by atoms with Crippen molar-refractivity contribution in [3.63, 3.8) is 0 Å². The minimum atomic E-state index is -0.942. The quantitative estimate of drug-likeness (QED) is 0.675. The number of halogens is 1. The number of carboxylic acid groups (broad SMARTS) is 1. The maximum absolute atomic E-state index is 11.4. The molecule has 1 N–H and O–H groups in total. The van der Waals surface area contributed by atoms with E-state index >= 15 is 0 Å². The van der Waals surface area contributed by atoms with Gasteiger partial charge in [-0.05, 0) is 19.8 Å². The molecule has 0 aromatic rings. The number of carbonyl (C=O) groups is 2. The topological polar surface area (TPSA) is 57.6 Å². The van der Waals surface area contributed by atoms with Gasteiger partial charge in [0.15, 0.2) is 0 Å². The third kappa shape index (κ3) is 2.12. The molecule has 1 amide bonds. The normalized spacial score (nSPS) is 24.5. The number of amides is 1. The summed E-state index contributed by atoms with van der Waals surface area (Å²) in [5, 5.41) is 8.14. The highest BCUT2D eigenvalue weighted by atomic mass is 35.5. The van der Waals surface area contributed by atoms with Crippen molar-refractivity contribution in [1.82, 2.24) is 4.90 Å². The predicted molar refractivity (Wildman–Crippen MR) is 47.7 cm³/mol. The molecule has 5 heteroatoms. The largest absolute Gasteiger partial charge is 0.480 e. The highest BCUT2D eigenvalue weighted by Crippen LogP contribution is 2.19. The van der Waals surface area contributed by atoms with Crippen LogP contribution in [-0.4, -0.2) is 39.8 Å². The van der Waals surface area contributed by atoms with Crippen LogP contribution in [0.25, 0.3) is 0 Å². The van der Waals surface area contributed by atoms with Gasteiger partial charge in [-0.1, -0.05) is 0 Å². The van der Waals surface area contributed by atoms with Crippen molar-refractivity contribution >= 4 is 23.5 Å². The first kappa shape index (κ1) is 10.3. The number of rotatable bonds is 2. The second kappa shape index (κ2) is 3.96. The van der Waals surface area contributed by atoms with Crippen LogP contribution in [-0.2, 0) is 9.59 Å². The molecule has 1 aliphatic heterocycles. The molecular formula is C8H12ClNO3. The second-order valence-electron chi connectivity index (χ2n) is 3.14. The summed E-state index contributed by atoms with van der Waals surface area (Å²) in [5.41, 5.74) is 0. The molecule has 1 heterocycles. The lowest BCUT2D eigenvalue weighted by molar-refractivity contribution is -0.147. The van der Waals surface area contributed by atoms with E-state index in [2.05, 4.69) is 0 Å². The van der Waals surface area contributed by atoms with Crippen molar-refractivity contribution in [2.75, 3.05) is 6.54 Å². The third-order valence-electron chi connectivity index (χ3n) is 2.16. The summed E-state index contributed by atoms with van der Waals surface area (Å²) < 4.78 is 0. The van der Waals surface area contributed by atoms with Crippen molar-refractivity contribution in [3.05, 3.63) is 0 Å². The Hall–Kier alpha value is -0.770. The van der Waals surface area contributed by atoms with Crippen molar-refractivity contribution in [1.29, 1.82) is 0 Å². The molecule has 0 unspecified atom stereocenters. The Kier molecular flexibility index (Phi) is 3.14. The summed E-state index contributed by atoms with van der Waals surface area (Å²) in [6.07, 6.45) is 1.27. The first-order valence-corrected chi connectivity index (χ1v) is 4.65. The number of carbonyl (C=O) groups excluding carboxylic acids is 1. The summed E-state index contributed by atoms with van der Waals surface area (Å²) in [5.74, 6) is -1.23. The van der Waals surface area contributed by atoms with E-state index in [4.69, 9.17) is 16.7 Å². The molecule has 13 heavy (non-hydrogen) atoms. The van der Waals surface area contributed by atoms with Crippen LogP contribution >= 0.6 is 11.6 Å². The fourth-order valence-electron chi connectivity index (χ4n) is 1.52. The van der Waals surface area contributed by atoms with E-state index in [1.807, 2.05) is 0 Å². The Labute approximate surface area is 81.5 Å². The van der Waals surface area contributed by atoms with Crippen LogP contribution in [0, 0.1) is 0 Å². The smallest absolute Gasteiger partial charge is 0.326 e. The van der Waals surface area contributed by atoms with Gasteiger partial charge < -0.3 is 10.0 Å². The van der Waals surface area contributed by atoms with E-state index in [0.717, 1.165) is 6.42 Å². The highest BCUT2D eigenvalue weighted by molar-refractivity contribution is 6.30. The Bertz CT molecular complexity index is 229. The number of carboxylic acids is 1. The minimum Gasteiger partial charge on any atom is -0.480 e. The van der Waals surface area contributed by atoms with Crippen LogP contribution in [0.1, 0.15) is 19.8 Å². The van der Waals surface area contributed by atoms with Gasteiger partial charge in [-0.3, -0.25) is 4.79 Å². The molecule has 1 rings (SSSR count). The summed E-state index contributed by atoms with van der Waals surface area (Å²) in [6.45, 7) is 2.06. The number of alkyl halides is 1.